The molecule has 0 amide bonds. The fourth-order valence-electron chi connectivity index (χ4n) is 3.40. The summed E-state index contributed by atoms with van der Waals surface area (Å²) >= 11 is 0. The van der Waals surface area contributed by atoms with E-state index in [1.54, 1.807) is 36.4 Å². The molecule has 0 saturated heterocycles. The van der Waals surface area contributed by atoms with Gasteiger partial charge in [0.05, 0.1) is 23.7 Å². The van der Waals surface area contributed by atoms with E-state index in [2.05, 4.69) is 0 Å². The molecule has 3 aromatic rings. The van der Waals surface area contributed by atoms with Gasteiger partial charge in [-0.3, -0.25) is 14.4 Å². The second-order valence-electron chi connectivity index (χ2n) is 8.44. The van der Waals surface area contributed by atoms with Crippen LogP contribution in [0.25, 0.3) is 0 Å². The monoisotopic (exact) mass is 542 g/mol. The molecule has 0 radical (unpaired) electrons. The number of aliphatic carboxylic acids is 3. The number of sulfonamides is 1. The van der Waals surface area contributed by atoms with Gasteiger partial charge in [-0.15, -0.1) is 0 Å². The summed E-state index contributed by atoms with van der Waals surface area (Å²) in [6, 6.07) is 21.8. The van der Waals surface area contributed by atoms with Crippen LogP contribution in [0.4, 0.5) is 5.69 Å². The van der Waals surface area contributed by atoms with E-state index in [1.165, 1.54) is 16.4 Å². The average molecular weight is 543 g/mol. The fraction of sp³-hybridized carbons (Fsp3) is 0.222. The number of nitrogens with two attached hydrogens (primary N) is 1. The first-order chi connectivity index (χ1) is 17.9. The first kappa shape index (κ1) is 30.0. The largest absolute Gasteiger partial charge is 0.481 e. The van der Waals surface area contributed by atoms with Gasteiger partial charge in [0, 0.05) is 18.8 Å². The predicted molar refractivity (Wildman–Crippen MR) is 141 cm³/mol. The Morgan fingerprint density at radius 1 is 0.842 bits per heavy atom. The molecule has 38 heavy (non-hydrogen) atoms. The third-order valence-corrected chi connectivity index (χ3v) is 7.31. The molecule has 3 rings (SSSR count). The smallest absolute Gasteiger partial charge is 0.311 e. The summed E-state index contributed by atoms with van der Waals surface area (Å²) in [5.41, 5.74) is 8.17. The van der Waals surface area contributed by atoms with Gasteiger partial charge in [0.15, 0.2) is 0 Å². The lowest BCUT2D eigenvalue weighted by Crippen LogP contribution is -2.32. The first-order valence-electron chi connectivity index (χ1n) is 11.5. The summed E-state index contributed by atoms with van der Waals surface area (Å²) < 4.78 is 26.8. The molecule has 0 aromatic heterocycles. The quantitative estimate of drug-likeness (QED) is 0.264. The summed E-state index contributed by atoms with van der Waals surface area (Å²) in [4.78, 5) is 32.3. The van der Waals surface area contributed by atoms with Crippen molar-refractivity contribution in [1.29, 1.82) is 0 Å². The molecule has 0 spiro atoms. The Morgan fingerprint density at radius 2 is 1.42 bits per heavy atom. The lowest BCUT2D eigenvalue weighted by molar-refractivity contribution is -0.145. The van der Waals surface area contributed by atoms with Crippen molar-refractivity contribution in [3.63, 3.8) is 0 Å². The molecule has 3 aromatic carbocycles. The van der Waals surface area contributed by atoms with Crippen LogP contribution in [0, 0.1) is 6.92 Å². The van der Waals surface area contributed by atoms with Crippen LogP contribution in [0.1, 0.15) is 35.4 Å². The Balaban J connectivity index is 0.000000293. The van der Waals surface area contributed by atoms with Crippen molar-refractivity contribution in [3.8, 4) is 0 Å². The maximum atomic E-state index is 12.8. The molecule has 0 aliphatic rings. The lowest BCUT2D eigenvalue weighted by Gasteiger charge is -2.22. The molecule has 0 heterocycles. The van der Waals surface area contributed by atoms with Crippen molar-refractivity contribution < 1.29 is 38.1 Å². The number of nitrogen functional groups attached to an aromatic ring is 1. The number of nitrogens with zero attached hydrogens (tertiary/aromatic N) is 1. The molecule has 0 saturated carbocycles. The summed E-state index contributed by atoms with van der Waals surface area (Å²) in [5, 5.41) is 26.3. The Kier molecular flexibility index (Phi) is 11.0. The number of carbonyl (C=O) groups is 3. The molecular weight excluding hydrogens is 512 g/mol. The Labute approximate surface area is 221 Å². The van der Waals surface area contributed by atoms with Crippen LogP contribution in [-0.4, -0.2) is 52.5 Å². The van der Waals surface area contributed by atoms with Gasteiger partial charge in [0.2, 0.25) is 10.0 Å². The van der Waals surface area contributed by atoms with E-state index in [4.69, 9.17) is 21.1 Å². The highest BCUT2D eigenvalue weighted by Crippen LogP contribution is 2.21. The number of carboxylic acid groups (broad SMARTS) is 3. The summed E-state index contributed by atoms with van der Waals surface area (Å²) in [5.74, 6) is -4.34. The second-order valence-corrected chi connectivity index (χ2v) is 10.4. The van der Waals surface area contributed by atoms with Crippen LogP contribution in [0.5, 0.6) is 0 Å². The lowest BCUT2D eigenvalue weighted by atomic mass is 9.96. The van der Waals surface area contributed by atoms with Gasteiger partial charge in [-0.2, -0.15) is 4.31 Å². The molecule has 0 aliphatic heterocycles. The van der Waals surface area contributed by atoms with Gasteiger partial charge in [-0.25, -0.2) is 8.42 Å². The van der Waals surface area contributed by atoms with E-state index >= 15 is 0 Å². The van der Waals surface area contributed by atoms with E-state index in [1.807, 2.05) is 37.3 Å². The maximum absolute atomic E-state index is 12.8. The SMILES string of the molecule is Cc1ccc(S(=O)(=O)N(CCC(=O)O)Cc2ccccc2)cc1.Nc1ccc(C(CC(=O)O)C(=O)O)cc1. The minimum absolute atomic E-state index is 0.0690. The molecule has 10 nitrogen and oxygen atoms in total. The zero-order valence-corrected chi connectivity index (χ0v) is 21.5. The van der Waals surface area contributed by atoms with Crippen molar-refractivity contribution >= 4 is 33.6 Å². The predicted octanol–water partition coefficient (Wildman–Crippen LogP) is 3.57. The van der Waals surface area contributed by atoms with Crippen molar-refractivity contribution in [1.82, 2.24) is 4.31 Å². The number of rotatable bonds is 11. The molecule has 202 valence electrons. The third-order valence-electron chi connectivity index (χ3n) is 5.45. The number of carboxylic acids is 3. The van der Waals surface area contributed by atoms with Gasteiger partial charge in [-0.1, -0.05) is 60.2 Å². The minimum atomic E-state index is -3.74. The number of anilines is 1. The van der Waals surface area contributed by atoms with Crippen LogP contribution in [0.15, 0.2) is 83.8 Å². The summed E-state index contributed by atoms with van der Waals surface area (Å²) in [6.07, 6.45) is -0.669. The molecule has 5 N–H and O–H groups in total. The number of aryl methyl sites for hydroxylation is 1. The Morgan fingerprint density at radius 3 is 1.92 bits per heavy atom. The van der Waals surface area contributed by atoms with Crippen LogP contribution >= 0.6 is 0 Å². The number of hydrogen-bond acceptors (Lipinski definition) is 6. The average Bonchev–Trinajstić information content (AvgIpc) is 2.86. The van der Waals surface area contributed by atoms with Crippen LogP contribution < -0.4 is 5.73 Å². The third kappa shape index (κ3) is 9.34. The number of benzene rings is 3. The van der Waals surface area contributed by atoms with E-state index in [-0.39, 0.29) is 24.4 Å². The van der Waals surface area contributed by atoms with E-state index in [0.29, 0.717) is 11.3 Å². The normalized spacial score (nSPS) is 11.7. The summed E-state index contributed by atoms with van der Waals surface area (Å²) in [7, 11) is -3.74. The second kappa shape index (κ2) is 13.9. The van der Waals surface area contributed by atoms with Gasteiger partial charge < -0.3 is 21.1 Å². The molecule has 0 bridgehead atoms. The van der Waals surface area contributed by atoms with Crippen LogP contribution in [0.3, 0.4) is 0 Å². The minimum Gasteiger partial charge on any atom is -0.481 e. The molecule has 0 aliphatic carbocycles. The fourth-order valence-corrected chi connectivity index (χ4v) is 4.83. The van der Waals surface area contributed by atoms with E-state index < -0.39 is 40.3 Å². The molecular formula is C27H30N2O8S. The molecule has 11 heteroatoms. The number of hydrogen-bond donors (Lipinski definition) is 4. The Hall–Kier alpha value is -4.22. The highest BCUT2D eigenvalue weighted by atomic mass is 32.2. The highest BCUT2D eigenvalue weighted by molar-refractivity contribution is 7.89. The van der Waals surface area contributed by atoms with Gasteiger partial charge in [0.1, 0.15) is 0 Å². The van der Waals surface area contributed by atoms with Crippen molar-refractivity contribution in [2.75, 3.05) is 12.3 Å². The zero-order chi connectivity index (χ0) is 28.3. The Bertz CT molecular complexity index is 1330. The van der Waals surface area contributed by atoms with Crippen molar-refractivity contribution in [2.24, 2.45) is 0 Å². The van der Waals surface area contributed by atoms with Crippen molar-refractivity contribution in [3.05, 3.63) is 95.6 Å². The first-order valence-corrected chi connectivity index (χ1v) is 13.0. The van der Waals surface area contributed by atoms with Gasteiger partial charge in [0.25, 0.3) is 0 Å². The maximum Gasteiger partial charge on any atom is 0.311 e. The van der Waals surface area contributed by atoms with Crippen LogP contribution in [-0.2, 0) is 31.0 Å². The molecule has 0 fully saturated rings. The standard InChI is InChI=1S/C17H19NO4S.C10H11NO4/c1-14-7-9-16(10-8-14)23(21,22)18(12-11-17(19)20)13-15-5-3-2-4-6-15;11-7-3-1-6(2-4-7)8(10(14)15)5-9(12)13/h2-10H,11-13H2,1H3,(H,19,20);1-4,8H,5,11H2,(H,12,13)(H,14,15). The highest BCUT2D eigenvalue weighted by Gasteiger charge is 2.25. The zero-order valence-electron chi connectivity index (χ0n) is 20.7. The van der Waals surface area contributed by atoms with E-state index in [9.17, 15) is 22.8 Å². The van der Waals surface area contributed by atoms with Crippen molar-refractivity contribution in [2.45, 2.75) is 37.1 Å². The molecule has 1 atom stereocenters. The summed E-state index contributed by atoms with van der Waals surface area (Å²) in [6.45, 7) is 1.95. The van der Waals surface area contributed by atoms with Gasteiger partial charge in [-0.05, 0) is 42.3 Å². The van der Waals surface area contributed by atoms with Gasteiger partial charge >= 0.3 is 17.9 Å². The topological polar surface area (TPSA) is 175 Å². The van der Waals surface area contributed by atoms with Crippen LogP contribution in [0.2, 0.25) is 0 Å². The van der Waals surface area contributed by atoms with E-state index in [0.717, 1.165) is 11.1 Å². The molecule has 1 unspecified atom stereocenters.